The van der Waals surface area contributed by atoms with Gasteiger partial charge in [-0.1, -0.05) is 0 Å². The predicted molar refractivity (Wildman–Crippen MR) is 123 cm³/mol. The lowest BCUT2D eigenvalue weighted by Crippen LogP contribution is -2.32. The zero-order valence-corrected chi connectivity index (χ0v) is 19.2. The first-order chi connectivity index (χ1) is 17.1. The van der Waals surface area contributed by atoms with Gasteiger partial charge in [-0.2, -0.15) is 0 Å². The third kappa shape index (κ3) is 3.28. The number of hydrogen-bond donors (Lipinski definition) is 1. The molecule has 3 aliphatic heterocycles. The lowest BCUT2D eigenvalue weighted by Gasteiger charge is -2.36. The van der Waals surface area contributed by atoms with Gasteiger partial charge < -0.3 is 38.3 Å². The Morgan fingerprint density at radius 2 is 1.94 bits per heavy atom. The summed E-state index contributed by atoms with van der Waals surface area (Å²) in [5.74, 6) is 1.29. The highest BCUT2D eigenvalue weighted by Crippen LogP contribution is 2.52. The van der Waals surface area contributed by atoms with E-state index >= 15 is 0 Å². The smallest absolute Gasteiger partial charge is 0.337 e. The number of imidazole rings is 1. The van der Waals surface area contributed by atoms with Gasteiger partial charge in [-0.3, -0.25) is 0 Å². The molecule has 1 atom stereocenters. The average Bonchev–Trinajstić information content (AvgIpc) is 3.64. The highest BCUT2D eigenvalue weighted by Gasteiger charge is 2.43. The fraction of sp³-hybridized carbons (Fsp3) is 0.280. The van der Waals surface area contributed by atoms with Crippen molar-refractivity contribution in [1.82, 2.24) is 9.55 Å². The zero-order valence-electron chi connectivity index (χ0n) is 19.2. The molecule has 0 saturated carbocycles. The van der Waals surface area contributed by atoms with Crippen molar-refractivity contribution in [2.45, 2.75) is 19.2 Å². The van der Waals surface area contributed by atoms with E-state index in [0.717, 1.165) is 22.5 Å². The molecule has 0 amide bonds. The van der Waals surface area contributed by atoms with E-state index in [-0.39, 0.29) is 26.0 Å². The van der Waals surface area contributed by atoms with E-state index in [1.807, 2.05) is 39.9 Å². The Morgan fingerprint density at radius 3 is 2.66 bits per heavy atom. The molecule has 0 bridgehead atoms. The highest BCUT2D eigenvalue weighted by molar-refractivity contribution is 5.98. The molecule has 0 aliphatic carbocycles. The number of carbonyl (C=O) groups excluding carboxylic acids is 1. The Balaban J connectivity index is 1.59. The lowest BCUT2D eigenvalue weighted by atomic mass is 9.79. The number of aliphatic hydroxyl groups is 1. The van der Waals surface area contributed by atoms with Crippen molar-refractivity contribution in [3.05, 3.63) is 70.9 Å². The van der Waals surface area contributed by atoms with Gasteiger partial charge in [0.25, 0.3) is 0 Å². The Hall–Kier alpha value is -4.18. The molecule has 1 unspecified atom stereocenters. The molecule has 6 rings (SSSR count). The first-order valence-corrected chi connectivity index (χ1v) is 11.1. The summed E-state index contributed by atoms with van der Waals surface area (Å²) in [5, 5.41) is 10.0. The van der Waals surface area contributed by atoms with E-state index in [4.69, 9.17) is 23.7 Å². The third-order valence-corrected chi connectivity index (χ3v) is 6.55. The lowest BCUT2D eigenvalue weighted by molar-refractivity contribution is -0.136. The first kappa shape index (κ1) is 21.4. The standard InChI is InChI=1S/C25H23N3O7/c1-31-21-6-14(5-15(9-29)24(21)32-2)22-16-7-19-20(35-13-34-19)8-17(16)28(12-27-4-3-26-11-27)18-10-33-25(30)23(18)22/h3-8,11,22,29H,9-10,12-13H2,1-2H3. The number of aromatic nitrogens is 2. The van der Waals surface area contributed by atoms with Crippen molar-refractivity contribution >= 4 is 11.7 Å². The number of cyclic esters (lactones) is 1. The SMILES string of the molecule is COc1cc(C2C3=C(COC3=O)N(Cn3ccnc3)c3cc4c(cc32)OCO4)cc(CO)c1OC. The Labute approximate surface area is 200 Å². The van der Waals surface area contributed by atoms with Gasteiger partial charge in [0.05, 0.1) is 44.1 Å². The topological polar surface area (TPSA) is 105 Å². The number of ether oxygens (including phenoxy) is 5. The van der Waals surface area contributed by atoms with E-state index in [0.29, 0.717) is 40.8 Å². The van der Waals surface area contributed by atoms with Crippen LogP contribution in [-0.4, -0.2) is 48.2 Å². The molecular weight excluding hydrogens is 454 g/mol. The minimum atomic E-state index is -0.478. The van der Waals surface area contributed by atoms with Gasteiger partial charge >= 0.3 is 5.97 Å². The van der Waals surface area contributed by atoms with Crippen LogP contribution < -0.4 is 23.8 Å². The fourth-order valence-electron chi connectivity index (χ4n) is 5.02. The van der Waals surface area contributed by atoms with Crippen LogP contribution in [-0.2, 0) is 22.8 Å². The molecule has 1 aromatic heterocycles. The van der Waals surface area contributed by atoms with Gasteiger partial charge in [0.15, 0.2) is 23.0 Å². The monoisotopic (exact) mass is 477 g/mol. The van der Waals surface area contributed by atoms with Crippen LogP contribution in [0, 0.1) is 0 Å². The van der Waals surface area contributed by atoms with Crippen LogP contribution in [0.4, 0.5) is 5.69 Å². The fourth-order valence-corrected chi connectivity index (χ4v) is 5.02. The molecular formula is C25H23N3O7. The number of nitrogens with zero attached hydrogens (tertiary/aromatic N) is 3. The van der Waals surface area contributed by atoms with Crippen LogP contribution in [0.5, 0.6) is 23.0 Å². The normalized spacial score (nSPS) is 17.9. The number of methoxy groups -OCH3 is 2. The van der Waals surface area contributed by atoms with Gasteiger partial charge in [-0.15, -0.1) is 0 Å². The summed E-state index contributed by atoms with van der Waals surface area (Å²) < 4.78 is 29.9. The highest BCUT2D eigenvalue weighted by atomic mass is 16.7. The number of rotatable bonds is 6. The summed E-state index contributed by atoms with van der Waals surface area (Å²) in [5.41, 5.74) is 4.33. The number of esters is 1. The van der Waals surface area contributed by atoms with Crippen molar-refractivity contribution in [2.24, 2.45) is 0 Å². The minimum absolute atomic E-state index is 0.130. The summed E-state index contributed by atoms with van der Waals surface area (Å²) in [7, 11) is 3.06. The molecule has 2 aromatic carbocycles. The second-order valence-electron chi connectivity index (χ2n) is 8.35. The Bertz CT molecular complexity index is 1320. The molecule has 0 fully saturated rings. The van der Waals surface area contributed by atoms with E-state index in [1.165, 1.54) is 14.2 Å². The summed E-state index contributed by atoms with van der Waals surface area (Å²) >= 11 is 0. The zero-order chi connectivity index (χ0) is 24.1. The van der Waals surface area contributed by atoms with Crippen molar-refractivity contribution in [2.75, 3.05) is 32.5 Å². The quantitative estimate of drug-likeness (QED) is 0.536. The third-order valence-electron chi connectivity index (χ3n) is 6.55. The summed E-state index contributed by atoms with van der Waals surface area (Å²) in [6, 6.07) is 7.51. The van der Waals surface area contributed by atoms with E-state index in [2.05, 4.69) is 4.98 Å². The average molecular weight is 477 g/mol. The maximum Gasteiger partial charge on any atom is 0.337 e. The molecule has 0 radical (unpaired) electrons. The molecule has 3 aliphatic rings. The number of anilines is 1. The summed E-state index contributed by atoms with van der Waals surface area (Å²) in [6.07, 6.45) is 5.29. The van der Waals surface area contributed by atoms with E-state index < -0.39 is 5.92 Å². The Morgan fingerprint density at radius 1 is 1.11 bits per heavy atom. The molecule has 35 heavy (non-hydrogen) atoms. The molecule has 3 aromatic rings. The molecule has 10 nitrogen and oxygen atoms in total. The predicted octanol–water partition coefficient (Wildman–Crippen LogP) is 2.54. The van der Waals surface area contributed by atoms with Crippen LogP contribution in [0.15, 0.2) is 54.3 Å². The molecule has 180 valence electrons. The van der Waals surface area contributed by atoms with E-state index in [9.17, 15) is 9.90 Å². The largest absolute Gasteiger partial charge is 0.493 e. The van der Waals surface area contributed by atoms with Crippen molar-refractivity contribution < 1.29 is 33.6 Å². The molecule has 0 spiro atoms. The molecule has 4 heterocycles. The molecule has 0 saturated heterocycles. The Kier molecular flexibility index (Phi) is 5.03. The molecule has 1 N–H and O–H groups in total. The second kappa shape index (κ2) is 8.24. The summed E-state index contributed by atoms with van der Waals surface area (Å²) in [6.45, 7) is 0.456. The maximum absolute atomic E-state index is 13.1. The first-order valence-electron chi connectivity index (χ1n) is 11.1. The van der Waals surface area contributed by atoms with Gasteiger partial charge in [0.1, 0.15) is 13.3 Å². The van der Waals surface area contributed by atoms with Crippen LogP contribution in [0.1, 0.15) is 22.6 Å². The van der Waals surface area contributed by atoms with Crippen molar-refractivity contribution in [1.29, 1.82) is 0 Å². The molecule has 10 heteroatoms. The van der Waals surface area contributed by atoms with Gasteiger partial charge in [-0.05, 0) is 29.3 Å². The number of carbonyl (C=O) groups is 1. The van der Waals surface area contributed by atoms with Crippen LogP contribution in [0.3, 0.4) is 0 Å². The van der Waals surface area contributed by atoms with Gasteiger partial charge in [0, 0.05) is 29.9 Å². The second-order valence-corrected chi connectivity index (χ2v) is 8.35. The number of hydrogen-bond acceptors (Lipinski definition) is 9. The van der Waals surface area contributed by atoms with Crippen LogP contribution in [0.25, 0.3) is 0 Å². The van der Waals surface area contributed by atoms with Gasteiger partial charge in [-0.25, -0.2) is 9.78 Å². The van der Waals surface area contributed by atoms with Crippen LogP contribution >= 0.6 is 0 Å². The minimum Gasteiger partial charge on any atom is -0.493 e. The summed E-state index contributed by atoms with van der Waals surface area (Å²) in [4.78, 5) is 19.3. The maximum atomic E-state index is 13.1. The van der Waals surface area contributed by atoms with Gasteiger partial charge in [0.2, 0.25) is 6.79 Å². The van der Waals surface area contributed by atoms with Crippen LogP contribution in [0.2, 0.25) is 0 Å². The number of benzene rings is 2. The van der Waals surface area contributed by atoms with E-state index in [1.54, 1.807) is 12.5 Å². The van der Waals surface area contributed by atoms with Crippen molar-refractivity contribution in [3.8, 4) is 23.0 Å². The number of aliphatic hydroxyl groups excluding tert-OH is 1. The number of fused-ring (bicyclic) bond motifs is 2. The van der Waals surface area contributed by atoms with Crippen molar-refractivity contribution in [3.63, 3.8) is 0 Å².